The number of rotatable bonds is 7. The van der Waals surface area contributed by atoms with Gasteiger partial charge in [0.15, 0.2) is 0 Å². The molecule has 23 heavy (non-hydrogen) atoms. The van der Waals surface area contributed by atoms with Crippen molar-refractivity contribution in [1.29, 1.82) is 0 Å². The fourth-order valence-electron chi connectivity index (χ4n) is 2.06. The predicted molar refractivity (Wildman–Crippen MR) is 83.3 cm³/mol. The quantitative estimate of drug-likeness (QED) is 0.594. The molecule has 8 nitrogen and oxygen atoms in total. The lowest BCUT2D eigenvalue weighted by molar-refractivity contribution is -0.383. The number of aliphatic hydroxyl groups excluding tert-OH is 1. The van der Waals surface area contributed by atoms with Gasteiger partial charge in [0.1, 0.15) is 12.1 Å². The highest BCUT2D eigenvalue weighted by molar-refractivity contribution is 5.74. The molecule has 1 aromatic carbocycles. The smallest absolute Gasteiger partial charge is 0.353 e. The molecule has 0 aliphatic heterocycles. The minimum absolute atomic E-state index is 0.00278. The normalized spacial score (nSPS) is 10.4. The Balaban J connectivity index is 2.43. The highest BCUT2D eigenvalue weighted by Gasteiger charge is 2.26. The summed E-state index contributed by atoms with van der Waals surface area (Å²) >= 11 is 0. The van der Waals surface area contributed by atoms with Crippen molar-refractivity contribution in [1.82, 2.24) is 9.97 Å². The van der Waals surface area contributed by atoms with E-state index >= 15 is 0 Å². The number of likely N-dealkylation sites (N-methyl/N-ethyl adjacent to an activating group) is 1. The standard InChI is InChI=1S/C14H16FN5O3/c1-2-19(7-8-21)14-12(20(22)23)13(16-9-17-14)18-11-5-3-10(15)4-6-11/h3-6,9,21H,2,7-8H2,1H3,(H,16,17,18). The van der Waals surface area contributed by atoms with Crippen LogP contribution in [0.25, 0.3) is 0 Å². The number of aromatic nitrogens is 2. The Morgan fingerprint density at radius 1 is 1.35 bits per heavy atom. The van der Waals surface area contributed by atoms with Crippen molar-refractivity contribution in [3.8, 4) is 0 Å². The second-order valence-corrected chi connectivity index (χ2v) is 4.59. The molecule has 0 saturated heterocycles. The summed E-state index contributed by atoms with van der Waals surface area (Å²) in [5.74, 6) is -0.289. The van der Waals surface area contributed by atoms with Crippen LogP contribution >= 0.6 is 0 Å². The Morgan fingerprint density at radius 3 is 2.61 bits per heavy atom. The highest BCUT2D eigenvalue weighted by atomic mass is 19.1. The van der Waals surface area contributed by atoms with Gasteiger partial charge in [0, 0.05) is 18.8 Å². The molecule has 1 heterocycles. The number of aliphatic hydroxyl groups is 1. The third kappa shape index (κ3) is 3.89. The van der Waals surface area contributed by atoms with Crippen molar-refractivity contribution in [2.45, 2.75) is 6.92 Å². The third-order valence-corrected chi connectivity index (χ3v) is 3.14. The molecule has 0 fully saturated rings. The van der Waals surface area contributed by atoms with E-state index in [1.807, 2.05) is 0 Å². The molecule has 0 amide bonds. The van der Waals surface area contributed by atoms with Crippen LogP contribution in [0.1, 0.15) is 6.92 Å². The van der Waals surface area contributed by atoms with E-state index in [4.69, 9.17) is 5.11 Å². The van der Waals surface area contributed by atoms with Crippen LogP contribution in [0.2, 0.25) is 0 Å². The lowest BCUT2D eigenvalue weighted by Crippen LogP contribution is -2.28. The van der Waals surface area contributed by atoms with E-state index in [-0.39, 0.29) is 30.5 Å². The van der Waals surface area contributed by atoms with Gasteiger partial charge in [-0.05, 0) is 31.2 Å². The number of nitrogens with zero attached hydrogens (tertiary/aromatic N) is 4. The number of halogens is 1. The van der Waals surface area contributed by atoms with E-state index in [9.17, 15) is 14.5 Å². The second-order valence-electron chi connectivity index (χ2n) is 4.59. The molecule has 122 valence electrons. The first-order valence-corrected chi connectivity index (χ1v) is 6.94. The van der Waals surface area contributed by atoms with Crippen LogP contribution in [0.3, 0.4) is 0 Å². The largest absolute Gasteiger partial charge is 0.395 e. The van der Waals surface area contributed by atoms with Gasteiger partial charge in [0.2, 0.25) is 11.6 Å². The summed E-state index contributed by atoms with van der Waals surface area (Å²) in [6.07, 6.45) is 1.20. The van der Waals surface area contributed by atoms with E-state index in [0.717, 1.165) is 0 Å². The molecular weight excluding hydrogens is 305 g/mol. The second kappa shape index (κ2) is 7.45. The number of nitro groups is 1. The van der Waals surface area contributed by atoms with E-state index in [2.05, 4.69) is 15.3 Å². The zero-order chi connectivity index (χ0) is 16.8. The number of benzene rings is 1. The lowest BCUT2D eigenvalue weighted by Gasteiger charge is -2.20. The van der Waals surface area contributed by atoms with Gasteiger partial charge in [0.05, 0.1) is 11.5 Å². The van der Waals surface area contributed by atoms with Crippen molar-refractivity contribution >= 4 is 23.0 Å². The van der Waals surface area contributed by atoms with Crippen LogP contribution < -0.4 is 10.2 Å². The molecule has 0 unspecified atom stereocenters. The fourth-order valence-corrected chi connectivity index (χ4v) is 2.06. The molecule has 0 saturated carbocycles. The summed E-state index contributed by atoms with van der Waals surface area (Å²) in [4.78, 5) is 20.3. The van der Waals surface area contributed by atoms with Gasteiger partial charge in [-0.15, -0.1) is 0 Å². The van der Waals surface area contributed by atoms with E-state index in [1.54, 1.807) is 11.8 Å². The highest BCUT2D eigenvalue weighted by Crippen LogP contribution is 2.33. The van der Waals surface area contributed by atoms with Crippen LogP contribution in [-0.2, 0) is 0 Å². The summed E-state index contributed by atoms with van der Waals surface area (Å²) < 4.78 is 12.9. The van der Waals surface area contributed by atoms with E-state index in [0.29, 0.717) is 12.2 Å². The summed E-state index contributed by atoms with van der Waals surface area (Å²) in [5, 5.41) is 23.3. The molecule has 2 aromatic rings. The maximum Gasteiger partial charge on any atom is 0.353 e. The fraction of sp³-hybridized carbons (Fsp3) is 0.286. The molecule has 9 heteroatoms. The Bertz CT molecular complexity index is 681. The topological polar surface area (TPSA) is 104 Å². The number of hydrogen-bond donors (Lipinski definition) is 2. The molecular formula is C14H16FN5O3. The summed E-state index contributed by atoms with van der Waals surface area (Å²) in [6.45, 7) is 2.29. The van der Waals surface area contributed by atoms with Gasteiger partial charge in [-0.3, -0.25) is 10.1 Å². The van der Waals surface area contributed by atoms with Crippen LogP contribution in [0.4, 0.5) is 27.4 Å². The maximum absolute atomic E-state index is 12.9. The van der Waals surface area contributed by atoms with Crippen molar-refractivity contribution in [2.75, 3.05) is 29.9 Å². The van der Waals surface area contributed by atoms with E-state index < -0.39 is 10.7 Å². The summed E-state index contributed by atoms with van der Waals surface area (Å²) in [7, 11) is 0. The Kier molecular flexibility index (Phi) is 5.36. The zero-order valence-electron chi connectivity index (χ0n) is 12.4. The van der Waals surface area contributed by atoms with Crippen LogP contribution in [-0.4, -0.2) is 39.7 Å². The third-order valence-electron chi connectivity index (χ3n) is 3.14. The molecule has 0 atom stereocenters. The molecule has 0 aliphatic carbocycles. The average Bonchev–Trinajstić information content (AvgIpc) is 2.54. The minimum Gasteiger partial charge on any atom is -0.395 e. The Morgan fingerprint density at radius 2 is 2.04 bits per heavy atom. The first kappa shape index (κ1) is 16.6. The molecule has 0 radical (unpaired) electrons. The molecule has 0 bridgehead atoms. The first-order chi connectivity index (χ1) is 11.1. The van der Waals surface area contributed by atoms with Gasteiger partial charge < -0.3 is 15.3 Å². The van der Waals surface area contributed by atoms with Crippen molar-refractivity contribution in [2.24, 2.45) is 0 Å². The van der Waals surface area contributed by atoms with Gasteiger partial charge in [-0.25, -0.2) is 14.4 Å². The number of hydrogen-bond acceptors (Lipinski definition) is 7. The molecule has 0 aliphatic rings. The van der Waals surface area contributed by atoms with Crippen molar-refractivity contribution in [3.05, 3.63) is 46.5 Å². The molecule has 2 N–H and O–H groups in total. The first-order valence-electron chi connectivity index (χ1n) is 6.94. The predicted octanol–water partition coefficient (Wildman–Crippen LogP) is 2.09. The van der Waals surface area contributed by atoms with Gasteiger partial charge in [0.25, 0.3) is 0 Å². The SMILES string of the molecule is CCN(CCO)c1ncnc(Nc2ccc(F)cc2)c1[N+](=O)[O-]. The van der Waals surface area contributed by atoms with Gasteiger partial charge in [-0.1, -0.05) is 0 Å². The minimum atomic E-state index is -0.582. The summed E-state index contributed by atoms with van der Waals surface area (Å²) in [6, 6.07) is 5.37. The van der Waals surface area contributed by atoms with Crippen LogP contribution in [0.15, 0.2) is 30.6 Å². The van der Waals surface area contributed by atoms with E-state index in [1.165, 1.54) is 30.6 Å². The Labute approximate surface area is 131 Å². The number of anilines is 3. The average molecular weight is 321 g/mol. The Hall–Kier alpha value is -2.81. The molecule has 1 aromatic heterocycles. The molecule has 2 rings (SSSR count). The van der Waals surface area contributed by atoms with Gasteiger partial charge in [-0.2, -0.15) is 0 Å². The summed E-state index contributed by atoms with van der Waals surface area (Å²) in [5.41, 5.74) is 0.163. The van der Waals surface area contributed by atoms with Crippen molar-refractivity contribution in [3.63, 3.8) is 0 Å². The lowest BCUT2D eigenvalue weighted by atomic mass is 10.3. The zero-order valence-corrected chi connectivity index (χ0v) is 12.4. The van der Waals surface area contributed by atoms with Crippen molar-refractivity contribution < 1.29 is 14.4 Å². The number of nitrogens with one attached hydrogen (secondary N) is 1. The maximum atomic E-state index is 12.9. The molecule has 0 spiro atoms. The van der Waals surface area contributed by atoms with Gasteiger partial charge >= 0.3 is 5.69 Å². The van der Waals surface area contributed by atoms with Crippen LogP contribution in [0.5, 0.6) is 0 Å². The monoisotopic (exact) mass is 321 g/mol. The van der Waals surface area contributed by atoms with Crippen LogP contribution in [0, 0.1) is 15.9 Å².